The van der Waals surface area contributed by atoms with E-state index < -0.39 is 6.10 Å². The molecule has 0 amide bonds. The lowest BCUT2D eigenvalue weighted by atomic mass is 10.1. The fourth-order valence-corrected chi connectivity index (χ4v) is 2.72. The highest BCUT2D eigenvalue weighted by Crippen LogP contribution is 2.19. The highest BCUT2D eigenvalue weighted by Gasteiger charge is 2.14. The normalized spacial score (nSPS) is 18.6. The molecule has 3 heteroatoms. The molecule has 112 valence electrons. The number of hydrogen-bond acceptors (Lipinski definition) is 3. The van der Waals surface area contributed by atoms with Crippen LogP contribution >= 0.6 is 0 Å². The Kier molecular flexibility index (Phi) is 5.86. The molecule has 1 aliphatic rings. The molecule has 0 aromatic heterocycles. The van der Waals surface area contributed by atoms with Gasteiger partial charge in [-0.15, -0.1) is 0 Å². The van der Waals surface area contributed by atoms with E-state index >= 15 is 0 Å². The average molecular weight is 277 g/mol. The lowest BCUT2D eigenvalue weighted by molar-refractivity contribution is 0.0691. The van der Waals surface area contributed by atoms with Gasteiger partial charge < -0.3 is 14.7 Å². The molecular weight excluding hydrogens is 250 g/mol. The first kappa shape index (κ1) is 15.3. The van der Waals surface area contributed by atoms with Crippen LogP contribution in [0.4, 0.5) is 0 Å². The van der Waals surface area contributed by atoms with Crippen LogP contribution in [-0.4, -0.2) is 42.4 Å². The van der Waals surface area contributed by atoms with Crippen molar-refractivity contribution in [2.75, 3.05) is 26.2 Å². The van der Waals surface area contributed by atoms with Gasteiger partial charge in [-0.25, -0.2) is 0 Å². The highest BCUT2D eigenvalue weighted by molar-refractivity contribution is 5.35. The van der Waals surface area contributed by atoms with Crippen molar-refractivity contribution in [1.29, 1.82) is 0 Å². The van der Waals surface area contributed by atoms with Crippen molar-refractivity contribution in [2.45, 2.75) is 45.6 Å². The molecule has 1 N–H and O–H groups in total. The first-order valence-electron chi connectivity index (χ1n) is 7.75. The minimum Gasteiger partial charge on any atom is -0.491 e. The molecule has 1 aromatic carbocycles. The van der Waals surface area contributed by atoms with Crippen molar-refractivity contribution in [2.24, 2.45) is 0 Å². The van der Waals surface area contributed by atoms with Gasteiger partial charge in [0.15, 0.2) is 0 Å². The standard InChI is InChI=1S/C17H27NO2/c1-14-7-8-15(2)17(11-14)20-13-16(19)12-18-9-5-3-4-6-10-18/h7-8,11,16,19H,3-6,9-10,12-13H2,1-2H3/t16-/m1/s1. The van der Waals surface area contributed by atoms with Gasteiger partial charge in [0, 0.05) is 6.54 Å². The number of nitrogens with zero attached hydrogens (tertiary/aromatic N) is 1. The maximum atomic E-state index is 10.1. The summed E-state index contributed by atoms with van der Waals surface area (Å²) in [6, 6.07) is 6.18. The summed E-state index contributed by atoms with van der Waals surface area (Å²) in [7, 11) is 0. The first-order valence-corrected chi connectivity index (χ1v) is 7.75. The van der Waals surface area contributed by atoms with E-state index in [1.165, 1.54) is 31.2 Å². The Balaban J connectivity index is 1.79. The van der Waals surface area contributed by atoms with Gasteiger partial charge in [0.1, 0.15) is 18.5 Å². The molecule has 0 spiro atoms. The summed E-state index contributed by atoms with van der Waals surface area (Å²) < 4.78 is 5.78. The highest BCUT2D eigenvalue weighted by atomic mass is 16.5. The second-order valence-electron chi connectivity index (χ2n) is 5.95. The van der Waals surface area contributed by atoms with Crippen LogP contribution in [0.2, 0.25) is 0 Å². The summed E-state index contributed by atoms with van der Waals surface area (Å²) in [5.41, 5.74) is 2.31. The van der Waals surface area contributed by atoms with Gasteiger partial charge in [-0.05, 0) is 57.0 Å². The van der Waals surface area contributed by atoms with Crippen molar-refractivity contribution in [1.82, 2.24) is 4.90 Å². The third-order valence-corrected chi connectivity index (χ3v) is 3.94. The topological polar surface area (TPSA) is 32.7 Å². The number of ether oxygens (including phenoxy) is 1. The summed E-state index contributed by atoms with van der Waals surface area (Å²) >= 11 is 0. The van der Waals surface area contributed by atoms with E-state index in [1.807, 2.05) is 13.0 Å². The molecule has 0 aliphatic carbocycles. The second-order valence-corrected chi connectivity index (χ2v) is 5.95. The van der Waals surface area contributed by atoms with E-state index in [0.29, 0.717) is 6.61 Å². The minimum absolute atomic E-state index is 0.376. The fraction of sp³-hybridized carbons (Fsp3) is 0.647. The van der Waals surface area contributed by atoms with E-state index in [-0.39, 0.29) is 0 Å². The average Bonchev–Trinajstić information content (AvgIpc) is 2.68. The van der Waals surface area contributed by atoms with Gasteiger partial charge >= 0.3 is 0 Å². The third-order valence-electron chi connectivity index (χ3n) is 3.94. The number of benzene rings is 1. The molecule has 1 atom stereocenters. The molecule has 20 heavy (non-hydrogen) atoms. The zero-order chi connectivity index (χ0) is 14.4. The molecule has 1 fully saturated rings. The summed E-state index contributed by atoms with van der Waals surface area (Å²) in [5.74, 6) is 0.889. The molecule has 0 bridgehead atoms. The number of hydrogen-bond donors (Lipinski definition) is 1. The Morgan fingerprint density at radius 3 is 2.55 bits per heavy atom. The quantitative estimate of drug-likeness (QED) is 0.898. The number of rotatable bonds is 5. The van der Waals surface area contributed by atoms with Crippen LogP contribution in [0, 0.1) is 13.8 Å². The van der Waals surface area contributed by atoms with Crippen LogP contribution in [0.5, 0.6) is 5.75 Å². The Morgan fingerprint density at radius 2 is 1.85 bits per heavy atom. The van der Waals surface area contributed by atoms with Gasteiger partial charge in [0.05, 0.1) is 0 Å². The van der Waals surface area contributed by atoms with Crippen molar-refractivity contribution in [3.05, 3.63) is 29.3 Å². The zero-order valence-corrected chi connectivity index (χ0v) is 12.8. The van der Waals surface area contributed by atoms with Gasteiger partial charge in [-0.2, -0.15) is 0 Å². The minimum atomic E-state index is -0.409. The summed E-state index contributed by atoms with van der Waals surface area (Å²) in [6.45, 7) is 7.42. The molecule has 3 nitrogen and oxygen atoms in total. The number of aliphatic hydroxyl groups is 1. The van der Waals surface area contributed by atoms with Crippen molar-refractivity contribution in [3.63, 3.8) is 0 Å². The van der Waals surface area contributed by atoms with Crippen LogP contribution in [0.15, 0.2) is 18.2 Å². The second kappa shape index (κ2) is 7.65. The summed E-state index contributed by atoms with van der Waals surface area (Å²) in [6.07, 6.45) is 4.75. The monoisotopic (exact) mass is 277 g/mol. The van der Waals surface area contributed by atoms with Crippen LogP contribution in [0.1, 0.15) is 36.8 Å². The number of likely N-dealkylation sites (tertiary alicyclic amines) is 1. The molecule has 2 rings (SSSR count). The van der Waals surface area contributed by atoms with Crippen LogP contribution in [0.25, 0.3) is 0 Å². The summed E-state index contributed by atoms with van der Waals surface area (Å²) in [5, 5.41) is 10.1. The van der Waals surface area contributed by atoms with Crippen LogP contribution < -0.4 is 4.74 Å². The molecule has 1 heterocycles. The molecule has 0 saturated carbocycles. The predicted octanol–water partition coefficient (Wildman–Crippen LogP) is 2.92. The lowest BCUT2D eigenvalue weighted by Gasteiger charge is -2.23. The molecule has 1 aliphatic heterocycles. The Bertz CT molecular complexity index is 411. The van der Waals surface area contributed by atoms with E-state index in [1.54, 1.807) is 0 Å². The largest absolute Gasteiger partial charge is 0.491 e. The van der Waals surface area contributed by atoms with Crippen LogP contribution in [-0.2, 0) is 0 Å². The van der Waals surface area contributed by atoms with E-state index in [2.05, 4.69) is 24.0 Å². The molecule has 0 unspecified atom stereocenters. The molecule has 0 radical (unpaired) electrons. The maximum absolute atomic E-state index is 10.1. The molecule has 1 aromatic rings. The summed E-state index contributed by atoms with van der Waals surface area (Å²) in [4.78, 5) is 2.37. The Labute approximate surface area is 122 Å². The van der Waals surface area contributed by atoms with Gasteiger partial charge in [-0.3, -0.25) is 0 Å². The van der Waals surface area contributed by atoms with Crippen molar-refractivity contribution >= 4 is 0 Å². The van der Waals surface area contributed by atoms with Gasteiger partial charge in [-0.1, -0.05) is 25.0 Å². The van der Waals surface area contributed by atoms with Crippen LogP contribution in [0.3, 0.4) is 0 Å². The SMILES string of the molecule is Cc1ccc(C)c(OC[C@H](O)CN2CCCCCC2)c1. The maximum Gasteiger partial charge on any atom is 0.122 e. The zero-order valence-electron chi connectivity index (χ0n) is 12.8. The number of aryl methyl sites for hydroxylation is 2. The predicted molar refractivity (Wildman–Crippen MR) is 82.3 cm³/mol. The third kappa shape index (κ3) is 4.80. The van der Waals surface area contributed by atoms with E-state index in [9.17, 15) is 5.11 Å². The van der Waals surface area contributed by atoms with Gasteiger partial charge in [0.25, 0.3) is 0 Å². The van der Waals surface area contributed by atoms with E-state index in [0.717, 1.165) is 30.9 Å². The number of aliphatic hydroxyl groups excluding tert-OH is 1. The molecule has 1 saturated heterocycles. The van der Waals surface area contributed by atoms with E-state index in [4.69, 9.17) is 4.74 Å². The Morgan fingerprint density at radius 1 is 1.15 bits per heavy atom. The first-order chi connectivity index (χ1) is 9.65. The van der Waals surface area contributed by atoms with Crippen molar-refractivity contribution < 1.29 is 9.84 Å². The number of β-amino-alcohol motifs (C(OH)–C–C–N with tert-alkyl or cyclic N) is 1. The van der Waals surface area contributed by atoms with Gasteiger partial charge in [0.2, 0.25) is 0 Å². The lowest BCUT2D eigenvalue weighted by Crippen LogP contribution is -2.36. The Hall–Kier alpha value is -1.06. The smallest absolute Gasteiger partial charge is 0.122 e. The van der Waals surface area contributed by atoms with Crippen molar-refractivity contribution in [3.8, 4) is 5.75 Å². The fourth-order valence-electron chi connectivity index (χ4n) is 2.72. The molecular formula is C17H27NO2.